The molecule has 66 heavy (non-hydrogen) atoms. The Bertz CT molecular complexity index is 4210. The highest BCUT2D eigenvalue weighted by Gasteiger charge is 2.30. The number of para-hydroxylation sites is 2. The topological polar surface area (TPSA) is 48.2 Å². The van der Waals surface area contributed by atoms with Crippen LogP contribution < -0.4 is 10.3 Å². The Morgan fingerprint density at radius 1 is 0.379 bits per heavy atom. The molecule has 1 aliphatic heterocycles. The van der Waals surface area contributed by atoms with Gasteiger partial charge >= 0.3 is 5.84 Å². The molecular formula is C61H40N5+. The van der Waals surface area contributed by atoms with E-state index in [-0.39, 0.29) is 6.17 Å². The van der Waals surface area contributed by atoms with Crippen molar-refractivity contribution in [1.82, 2.24) is 14.5 Å². The first-order valence-electron chi connectivity index (χ1n) is 22.7. The molecule has 1 atom stereocenters. The molecule has 0 saturated carbocycles. The molecular weight excluding hydrogens is 803 g/mol. The largest absolute Gasteiger partial charge is 0.328 e. The van der Waals surface area contributed by atoms with E-state index in [0.717, 1.165) is 50.8 Å². The number of rotatable bonds is 5. The van der Waals surface area contributed by atoms with Gasteiger partial charge in [0.05, 0.1) is 33.3 Å². The summed E-state index contributed by atoms with van der Waals surface area (Å²) in [6, 6.07) is 81.5. The summed E-state index contributed by atoms with van der Waals surface area (Å²) in [5, 5.41) is 18.7. The van der Waals surface area contributed by atoms with Crippen molar-refractivity contribution in [3.8, 4) is 11.4 Å². The Kier molecular flexibility index (Phi) is 7.98. The minimum absolute atomic E-state index is 0.309. The van der Waals surface area contributed by atoms with Crippen molar-refractivity contribution in [1.29, 1.82) is 0 Å². The fourth-order valence-corrected chi connectivity index (χ4v) is 10.7. The smallest absolute Gasteiger partial charge is 0.309 e. The van der Waals surface area contributed by atoms with Gasteiger partial charge in [0.15, 0.2) is 6.17 Å². The lowest BCUT2D eigenvalue weighted by molar-refractivity contribution is -0.516. The molecule has 14 rings (SSSR count). The van der Waals surface area contributed by atoms with E-state index in [2.05, 4.69) is 244 Å². The molecule has 5 nitrogen and oxygen atoms in total. The van der Waals surface area contributed by atoms with Gasteiger partial charge in [0, 0.05) is 38.4 Å². The lowest BCUT2D eigenvalue weighted by atomic mass is 9.99. The van der Waals surface area contributed by atoms with Gasteiger partial charge in [0.1, 0.15) is 0 Å². The first-order valence-corrected chi connectivity index (χ1v) is 22.7. The highest BCUT2D eigenvalue weighted by molar-refractivity contribution is 6.22. The van der Waals surface area contributed by atoms with E-state index >= 15 is 0 Å². The van der Waals surface area contributed by atoms with Crippen molar-refractivity contribution in [3.63, 3.8) is 0 Å². The lowest BCUT2D eigenvalue weighted by Crippen LogP contribution is -2.80. The van der Waals surface area contributed by atoms with Crippen LogP contribution in [0.15, 0.2) is 229 Å². The van der Waals surface area contributed by atoms with Crippen LogP contribution in [-0.2, 0) is 0 Å². The van der Waals surface area contributed by atoms with Crippen molar-refractivity contribution in [2.24, 2.45) is 4.99 Å². The zero-order valence-electron chi connectivity index (χ0n) is 35.8. The first-order chi connectivity index (χ1) is 32.7. The molecule has 0 spiro atoms. The van der Waals surface area contributed by atoms with Crippen LogP contribution in [0.4, 0.5) is 0 Å². The molecule has 1 aliphatic rings. The molecule has 2 aromatic heterocycles. The van der Waals surface area contributed by atoms with Gasteiger partial charge in [-0.15, -0.1) is 0 Å². The van der Waals surface area contributed by atoms with Crippen LogP contribution in [0.1, 0.15) is 22.9 Å². The van der Waals surface area contributed by atoms with Crippen molar-refractivity contribution in [3.05, 3.63) is 241 Å². The number of hydrogen-bond acceptors (Lipinski definition) is 2. The van der Waals surface area contributed by atoms with Crippen LogP contribution in [0.3, 0.4) is 0 Å². The third kappa shape index (κ3) is 5.60. The minimum Gasteiger partial charge on any atom is -0.309 e. The summed E-state index contributed by atoms with van der Waals surface area (Å²) in [6.45, 7) is 0. The molecule has 0 aliphatic carbocycles. The molecule has 2 N–H and O–H groups in total. The summed E-state index contributed by atoms with van der Waals surface area (Å²) >= 11 is 0. The Morgan fingerprint density at radius 2 is 1.00 bits per heavy atom. The van der Waals surface area contributed by atoms with Gasteiger partial charge in [-0.05, 0) is 121 Å². The lowest BCUT2D eigenvalue weighted by Gasteiger charge is -2.22. The zero-order chi connectivity index (χ0) is 43.3. The Labute approximate surface area is 379 Å². The maximum absolute atomic E-state index is 5.29. The fraction of sp³-hybridized carbons (Fsp3) is 0.0164. The quantitative estimate of drug-likeness (QED) is 0.167. The van der Waals surface area contributed by atoms with E-state index in [0.29, 0.717) is 0 Å². The molecule has 3 heterocycles. The fourth-order valence-electron chi connectivity index (χ4n) is 10.7. The SMILES string of the molecule is c1ccc(C2=[NH+]C(c3ccccc3-n3c4ccc(-n5c6ccccc6c6c7ccccc7ccc65)cc4c4cc5ccccc5cc43)NC(c3ccc4c(ccc5ccccc54)c3)=N2)cc1. The van der Waals surface area contributed by atoms with Crippen LogP contribution in [0.25, 0.3) is 98.1 Å². The molecule has 13 aromatic rings. The monoisotopic (exact) mass is 842 g/mol. The Hall–Kier alpha value is -8.80. The van der Waals surface area contributed by atoms with Crippen molar-refractivity contribution >= 4 is 98.4 Å². The molecule has 5 heteroatoms. The average molecular weight is 843 g/mol. The predicted molar refractivity (Wildman–Crippen MR) is 276 cm³/mol. The van der Waals surface area contributed by atoms with Crippen LogP contribution >= 0.6 is 0 Å². The molecule has 0 amide bonds. The number of fused-ring (bicyclic) bond motifs is 12. The van der Waals surface area contributed by atoms with Crippen LogP contribution in [0, 0.1) is 0 Å². The highest BCUT2D eigenvalue weighted by Crippen LogP contribution is 2.41. The van der Waals surface area contributed by atoms with E-state index in [1.165, 1.54) is 75.7 Å². The molecule has 308 valence electrons. The summed E-state index contributed by atoms with van der Waals surface area (Å²) in [5.41, 5.74) is 10.1. The Balaban J connectivity index is 0.971. The van der Waals surface area contributed by atoms with E-state index in [1.54, 1.807) is 0 Å². The number of nitrogens with one attached hydrogen (secondary N) is 2. The number of aliphatic imine (C=N–C) groups is 1. The van der Waals surface area contributed by atoms with E-state index in [4.69, 9.17) is 4.99 Å². The van der Waals surface area contributed by atoms with Gasteiger partial charge in [-0.1, -0.05) is 152 Å². The number of nitrogens with zero attached hydrogens (tertiary/aromatic N) is 3. The number of amidine groups is 2. The highest BCUT2D eigenvalue weighted by atomic mass is 15.2. The van der Waals surface area contributed by atoms with Crippen molar-refractivity contribution < 1.29 is 4.99 Å². The summed E-state index contributed by atoms with van der Waals surface area (Å²) in [6.07, 6.45) is -0.309. The van der Waals surface area contributed by atoms with Crippen molar-refractivity contribution in [2.75, 3.05) is 0 Å². The second-order valence-electron chi connectivity index (χ2n) is 17.5. The number of aromatic nitrogens is 2. The third-order valence-corrected chi connectivity index (χ3v) is 13.8. The second-order valence-corrected chi connectivity index (χ2v) is 17.5. The predicted octanol–water partition coefficient (Wildman–Crippen LogP) is 13.1. The molecule has 0 saturated heterocycles. The molecule has 0 fully saturated rings. The first kappa shape index (κ1) is 36.7. The summed E-state index contributed by atoms with van der Waals surface area (Å²) in [4.78, 5) is 9.14. The maximum Gasteiger partial charge on any atom is 0.328 e. The van der Waals surface area contributed by atoms with Gasteiger partial charge in [-0.25, -0.2) is 4.99 Å². The van der Waals surface area contributed by atoms with E-state index < -0.39 is 0 Å². The second kappa shape index (κ2) is 14.4. The number of hydrogen-bond donors (Lipinski definition) is 2. The van der Waals surface area contributed by atoms with Gasteiger partial charge < -0.3 is 14.5 Å². The van der Waals surface area contributed by atoms with Gasteiger partial charge in [0.2, 0.25) is 0 Å². The molecule has 11 aromatic carbocycles. The third-order valence-electron chi connectivity index (χ3n) is 13.8. The zero-order valence-corrected chi connectivity index (χ0v) is 35.8. The molecule has 0 bridgehead atoms. The molecule has 1 unspecified atom stereocenters. The van der Waals surface area contributed by atoms with Gasteiger partial charge in [0.25, 0.3) is 5.84 Å². The maximum atomic E-state index is 5.29. The number of benzene rings is 11. The summed E-state index contributed by atoms with van der Waals surface area (Å²) in [7, 11) is 0. The van der Waals surface area contributed by atoms with Gasteiger partial charge in [-0.3, -0.25) is 0 Å². The Morgan fingerprint density at radius 3 is 1.86 bits per heavy atom. The summed E-state index contributed by atoms with van der Waals surface area (Å²) < 4.78 is 4.91. The normalized spacial score (nSPS) is 14.2. The minimum atomic E-state index is -0.309. The van der Waals surface area contributed by atoms with Crippen LogP contribution in [0.5, 0.6) is 0 Å². The van der Waals surface area contributed by atoms with Crippen LogP contribution in [0.2, 0.25) is 0 Å². The van der Waals surface area contributed by atoms with Gasteiger partial charge in [-0.2, -0.15) is 0 Å². The molecule has 0 radical (unpaired) electrons. The van der Waals surface area contributed by atoms with E-state index in [9.17, 15) is 0 Å². The van der Waals surface area contributed by atoms with E-state index in [1.807, 2.05) is 0 Å². The summed E-state index contributed by atoms with van der Waals surface area (Å²) in [5.74, 6) is 1.64. The van der Waals surface area contributed by atoms with Crippen molar-refractivity contribution in [2.45, 2.75) is 6.17 Å². The standard InChI is InChI=1S/C61H39N5/c1-2-16-40(17-3-1)59-62-60(44-28-31-47-43(34-44)27-26-38-14-6-8-20-46(38)47)64-61(63-59)50-23-11-13-25-54(50)66-55-33-30-45(37-52(55)51-35-41-18-4-5-19-42(41)36-57(51)66)65-53-24-12-10-22-49(53)58-48-21-9-7-15-39(48)29-32-56(58)65/h1-37,61H,(H,62,63,64)/p+1. The average Bonchev–Trinajstić information content (AvgIpc) is 3.90. The van der Waals surface area contributed by atoms with Crippen LogP contribution in [-0.4, -0.2) is 20.8 Å².